The maximum absolute atomic E-state index is 10.0. The number of hydrogen-bond donors (Lipinski definition) is 4. The van der Waals surface area contributed by atoms with Crippen molar-refractivity contribution in [1.82, 2.24) is 0 Å². The molecule has 0 fully saturated rings. The average Bonchev–Trinajstić information content (AvgIpc) is 3.31. The maximum Gasteiger partial charge on any atom is 0.176 e. The van der Waals surface area contributed by atoms with Crippen molar-refractivity contribution in [3.05, 3.63) is 47.2 Å². The van der Waals surface area contributed by atoms with E-state index >= 15 is 0 Å². The van der Waals surface area contributed by atoms with Crippen LogP contribution < -0.4 is 0 Å². The number of hydrogen-bond acceptors (Lipinski definition) is 7. The third-order valence-corrected chi connectivity index (χ3v) is 6.50. The molecule has 0 atom stereocenters. The molecule has 5 nitrogen and oxygen atoms in total. The fourth-order valence-electron chi connectivity index (χ4n) is 3.15. The van der Waals surface area contributed by atoms with Crippen molar-refractivity contribution < 1.29 is 24.8 Å². The second kappa shape index (κ2) is 5.67. The lowest BCUT2D eigenvalue weighted by atomic mass is 10.1. The van der Waals surface area contributed by atoms with Gasteiger partial charge in [-0.05, 0) is 47.5 Å². The lowest BCUT2D eigenvalue weighted by molar-refractivity contribution is 0.409. The minimum absolute atomic E-state index is 0.133. The zero-order chi connectivity index (χ0) is 18.7. The molecule has 5 rings (SSSR count). The van der Waals surface area contributed by atoms with E-state index in [1.807, 2.05) is 36.4 Å². The quantitative estimate of drug-likeness (QED) is 0.300. The summed E-state index contributed by atoms with van der Waals surface area (Å²) in [5, 5.41) is 44.1. The summed E-state index contributed by atoms with van der Waals surface area (Å²) in [6.45, 7) is 0. The number of rotatable bonds is 2. The minimum Gasteiger partial charge on any atom is -0.504 e. The molecule has 0 radical (unpaired) electrons. The van der Waals surface area contributed by atoms with Gasteiger partial charge in [-0.2, -0.15) is 0 Å². The molecule has 2 aromatic carbocycles. The monoisotopic (exact) mass is 396 g/mol. The lowest BCUT2D eigenvalue weighted by Gasteiger charge is -2.01. The van der Waals surface area contributed by atoms with Gasteiger partial charge in [0.2, 0.25) is 0 Å². The van der Waals surface area contributed by atoms with Gasteiger partial charge >= 0.3 is 0 Å². The van der Waals surface area contributed by atoms with E-state index in [9.17, 15) is 20.4 Å². The van der Waals surface area contributed by atoms with E-state index in [1.165, 1.54) is 33.4 Å². The first kappa shape index (κ1) is 16.0. The van der Waals surface area contributed by atoms with Crippen molar-refractivity contribution in [2.75, 3.05) is 0 Å². The van der Waals surface area contributed by atoms with Crippen molar-refractivity contribution in [1.29, 1.82) is 0 Å². The van der Waals surface area contributed by atoms with Crippen molar-refractivity contribution >= 4 is 44.6 Å². The highest BCUT2D eigenvalue weighted by atomic mass is 32.1. The van der Waals surface area contributed by atoms with Crippen molar-refractivity contribution in [2.45, 2.75) is 0 Å². The molecule has 134 valence electrons. The predicted octanol–water partition coefficient (Wildman–Crippen LogP) is 5.87. The number of fused-ring (bicyclic) bond motifs is 3. The highest BCUT2D eigenvalue weighted by molar-refractivity contribution is 7.14. The number of aromatic hydroxyl groups is 4. The second-order valence-corrected chi connectivity index (χ2v) is 7.88. The molecule has 0 aliphatic rings. The lowest BCUT2D eigenvalue weighted by Crippen LogP contribution is -1.76. The number of benzene rings is 2. The van der Waals surface area contributed by atoms with E-state index in [2.05, 4.69) is 0 Å². The van der Waals surface area contributed by atoms with Crippen molar-refractivity contribution in [2.24, 2.45) is 0 Å². The Bertz CT molecular complexity index is 1220. The van der Waals surface area contributed by atoms with Crippen LogP contribution in [0.5, 0.6) is 23.0 Å². The predicted molar refractivity (Wildman–Crippen MR) is 107 cm³/mol. The van der Waals surface area contributed by atoms with Gasteiger partial charge in [0.1, 0.15) is 11.2 Å². The third-order valence-electron chi connectivity index (χ3n) is 4.49. The van der Waals surface area contributed by atoms with Gasteiger partial charge in [0, 0.05) is 21.5 Å². The van der Waals surface area contributed by atoms with E-state index < -0.39 is 0 Å². The maximum atomic E-state index is 10.0. The van der Waals surface area contributed by atoms with E-state index in [0.717, 1.165) is 21.9 Å². The normalized spacial score (nSPS) is 11.6. The van der Waals surface area contributed by atoms with Crippen LogP contribution in [0.25, 0.3) is 42.8 Å². The van der Waals surface area contributed by atoms with Crippen LogP contribution >= 0.6 is 22.7 Å². The summed E-state index contributed by atoms with van der Waals surface area (Å²) >= 11 is 2.52. The summed E-state index contributed by atoms with van der Waals surface area (Å²) < 4.78 is 5.89. The molecular formula is C20H12O5S2. The first-order chi connectivity index (χ1) is 13.0. The van der Waals surface area contributed by atoms with Crippen molar-refractivity contribution in [3.63, 3.8) is 0 Å². The highest BCUT2D eigenvalue weighted by Gasteiger charge is 2.16. The largest absolute Gasteiger partial charge is 0.504 e. The first-order valence-electron chi connectivity index (χ1n) is 7.99. The van der Waals surface area contributed by atoms with Gasteiger partial charge in [-0.15, -0.1) is 22.7 Å². The Kier molecular flexibility index (Phi) is 3.37. The van der Waals surface area contributed by atoms with Crippen LogP contribution in [0.1, 0.15) is 0 Å². The van der Waals surface area contributed by atoms with Gasteiger partial charge in [-0.3, -0.25) is 0 Å². The minimum atomic E-state index is -0.137. The standard InChI is InChI=1S/C20H12O5S2/c21-13-7-26-19(17(13)23)9-1-3-15-11(5-9)12-6-10(2-4-16(12)25-15)20-18(24)14(22)8-27-20/h1-8,21-24H. The molecule has 0 amide bonds. The summed E-state index contributed by atoms with van der Waals surface area (Å²) in [4.78, 5) is 1.17. The Morgan fingerprint density at radius 3 is 1.44 bits per heavy atom. The van der Waals surface area contributed by atoms with Gasteiger partial charge in [0.15, 0.2) is 23.0 Å². The molecule has 3 heterocycles. The molecule has 0 unspecified atom stereocenters. The molecule has 3 aromatic heterocycles. The number of furan rings is 1. The molecule has 0 saturated carbocycles. The Balaban J connectivity index is 1.74. The molecule has 4 N–H and O–H groups in total. The Hall–Kier alpha value is -3.16. The summed E-state index contributed by atoms with van der Waals surface area (Å²) in [6.07, 6.45) is 0. The third kappa shape index (κ3) is 2.36. The topological polar surface area (TPSA) is 94.1 Å². The zero-order valence-corrected chi connectivity index (χ0v) is 15.3. The fourth-order valence-corrected chi connectivity index (χ4v) is 4.80. The summed E-state index contributed by atoms with van der Waals surface area (Å²) in [7, 11) is 0. The van der Waals surface area contributed by atoms with Crippen LogP contribution in [0.3, 0.4) is 0 Å². The van der Waals surface area contributed by atoms with Gasteiger partial charge in [0.25, 0.3) is 0 Å². The number of thiophene rings is 2. The smallest absolute Gasteiger partial charge is 0.176 e. The Morgan fingerprint density at radius 1 is 0.630 bits per heavy atom. The Labute approximate surface area is 160 Å². The molecule has 0 aliphatic carbocycles. The second-order valence-electron chi connectivity index (χ2n) is 6.12. The van der Waals surface area contributed by atoms with Gasteiger partial charge in [0.05, 0.1) is 9.75 Å². The summed E-state index contributed by atoms with van der Waals surface area (Å²) in [6, 6.07) is 11.1. The molecule has 5 aromatic rings. The van der Waals surface area contributed by atoms with Crippen molar-refractivity contribution in [3.8, 4) is 43.9 Å². The van der Waals surface area contributed by atoms with Crippen LogP contribution in [0, 0.1) is 0 Å². The van der Waals surface area contributed by atoms with E-state index in [0.29, 0.717) is 20.9 Å². The van der Waals surface area contributed by atoms with Gasteiger partial charge in [-0.1, -0.05) is 0 Å². The Morgan fingerprint density at radius 2 is 1.07 bits per heavy atom. The summed E-state index contributed by atoms with van der Waals surface area (Å²) in [5.41, 5.74) is 2.94. The highest BCUT2D eigenvalue weighted by Crippen LogP contribution is 2.46. The SMILES string of the molecule is Oc1csc(-c2ccc3oc4ccc(-c5scc(O)c5O)cc4c3c2)c1O. The van der Waals surface area contributed by atoms with Gasteiger partial charge < -0.3 is 24.8 Å². The van der Waals surface area contributed by atoms with Gasteiger partial charge in [-0.25, -0.2) is 0 Å². The van der Waals surface area contributed by atoms with E-state index in [-0.39, 0.29) is 23.0 Å². The molecule has 27 heavy (non-hydrogen) atoms. The van der Waals surface area contributed by atoms with Crippen LogP contribution in [-0.2, 0) is 0 Å². The molecule has 0 spiro atoms. The van der Waals surface area contributed by atoms with Crippen LogP contribution in [-0.4, -0.2) is 20.4 Å². The van der Waals surface area contributed by atoms with Crippen LogP contribution in [0.15, 0.2) is 51.6 Å². The first-order valence-corrected chi connectivity index (χ1v) is 9.75. The molecule has 7 heteroatoms. The fraction of sp³-hybridized carbons (Fsp3) is 0. The van der Waals surface area contributed by atoms with E-state index in [1.54, 1.807) is 0 Å². The molecule has 0 saturated heterocycles. The zero-order valence-electron chi connectivity index (χ0n) is 13.6. The van der Waals surface area contributed by atoms with Crippen LogP contribution in [0.4, 0.5) is 0 Å². The molecule has 0 bridgehead atoms. The molecule has 0 aliphatic heterocycles. The van der Waals surface area contributed by atoms with Crippen LogP contribution in [0.2, 0.25) is 0 Å². The average molecular weight is 396 g/mol. The molecular weight excluding hydrogens is 384 g/mol. The summed E-state index contributed by atoms with van der Waals surface area (Å²) in [5.74, 6) is -0.538. The van der Waals surface area contributed by atoms with E-state index in [4.69, 9.17) is 4.42 Å².